The number of nitrogens with zero attached hydrogens (tertiary/aromatic N) is 1. The quantitative estimate of drug-likeness (QED) is 0.889. The lowest BCUT2D eigenvalue weighted by atomic mass is 10.1. The highest BCUT2D eigenvalue weighted by molar-refractivity contribution is 5.97. The number of carbonyl (C=O) groups is 2. The maximum atomic E-state index is 13.4. The second-order valence-corrected chi connectivity index (χ2v) is 4.84. The SMILES string of the molecule is COCc1cccc(C(=O)N2C[C@H](F)C[C@H]2C(N)=O)c1. The molecule has 0 unspecified atom stereocenters. The van der Waals surface area contributed by atoms with Gasteiger partial charge < -0.3 is 15.4 Å². The topological polar surface area (TPSA) is 72.6 Å². The van der Waals surface area contributed by atoms with Crippen LogP contribution in [0.5, 0.6) is 0 Å². The van der Waals surface area contributed by atoms with Crippen molar-refractivity contribution in [3.05, 3.63) is 35.4 Å². The first-order chi connectivity index (χ1) is 9.52. The van der Waals surface area contributed by atoms with E-state index in [9.17, 15) is 14.0 Å². The van der Waals surface area contributed by atoms with Crippen LogP contribution < -0.4 is 5.73 Å². The Kier molecular flexibility index (Phi) is 4.34. The van der Waals surface area contributed by atoms with Crippen molar-refractivity contribution in [1.82, 2.24) is 4.90 Å². The normalized spacial score (nSPS) is 22.0. The highest BCUT2D eigenvalue weighted by atomic mass is 19.1. The predicted molar refractivity (Wildman–Crippen MR) is 70.7 cm³/mol. The Morgan fingerprint density at radius 2 is 2.25 bits per heavy atom. The maximum Gasteiger partial charge on any atom is 0.254 e. The Morgan fingerprint density at radius 1 is 1.50 bits per heavy atom. The third-order valence-electron chi connectivity index (χ3n) is 3.32. The molecule has 2 rings (SSSR count). The number of hydrogen-bond donors (Lipinski definition) is 1. The van der Waals surface area contributed by atoms with E-state index in [0.717, 1.165) is 5.56 Å². The first-order valence-electron chi connectivity index (χ1n) is 6.35. The summed E-state index contributed by atoms with van der Waals surface area (Å²) in [7, 11) is 1.56. The number of amides is 2. The molecule has 0 spiro atoms. The molecule has 2 N–H and O–H groups in total. The van der Waals surface area contributed by atoms with Crippen molar-refractivity contribution in [3.8, 4) is 0 Å². The number of methoxy groups -OCH3 is 1. The number of hydrogen-bond acceptors (Lipinski definition) is 3. The third kappa shape index (κ3) is 2.96. The van der Waals surface area contributed by atoms with Crippen molar-refractivity contribution in [3.63, 3.8) is 0 Å². The number of rotatable bonds is 4. The van der Waals surface area contributed by atoms with Gasteiger partial charge in [0, 0.05) is 19.1 Å². The van der Waals surface area contributed by atoms with Gasteiger partial charge in [0.25, 0.3) is 5.91 Å². The summed E-state index contributed by atoms with van der Waals surface area (Å²) in [6.45, 7) is 0.285. The van der Waals surface area contributed by atoms with E-state index in [0.29, 0.717) is 12.2 Å². The molecule has 1 heterocycles. The van der Waals surface area contributed by atoms with Gasteiger partial charge in [0.1, 0.15) is 12.2 Å². The second kappa shape index (κ2) is 6.00. The number of alkyl halides is 1. The smallest absolute Gasteiger partial charge is 0.254 e. The molecule has 5 nitrogen and oxygen atoms in total. The zero-order valence-electron chi connectivity index (χ0n) is 11.2. The highest BCUT2D eigenvalue weighted by Crippen LogP contribution is 2.23. The Hall–Kier alpha value is -1.95. The lowest BCUT2D eigenvalue weighted by Gasteiger charge is -2.22. The molecule has 20 heavy (non-hydrogen) atoms. The van der Waals surface area contributed by atoms with Crippen molar-refractivity contribution in [2.75, 3.05) is 13.7 Å². The Bertz CT molecular complexity index is 521. The minimum atomic E-state index is -1.21. The summed E-state index contributed by atoms with van der Waals surface area (Å²) in [5, 5.41) is 0. The molecule has 0 radical (unpaired) electrons. The Morgan fingerprint density at radius 3 is 2.90 bits per heavy atom. The highest BCUT2D eigenvalue weighted by Gasteiger charge is 2.39. The number of primary amides is 1. The van der Waals surface area contributed by atoms with Crippen molar-refractivity contribution < 1.29 is 18.7 Å². The molecule has 0 saturated carbocycles. The molecule has 2 atom stereocenters. The molecule has 1 aromatic rings. The average Bonchev–Trinajstić information content (AvgIpc) is 2.81. The summed E-state index contributed by atoms with van der Waals surface area (Å²) >= 11 is 0. The van der Waals surface area contributed by atoms with Crippen molar-refractivity contribution in [2.45, 2.75) is 25.2 Å². The summed E-state index contributed by atoms with van der Waals surface area (Å²) in [5.74, 6) is -1.06. The van der Waals surface area contributed by atoms with Gasteiger partial charge in [-0.25, -0.2) is 4.39 Å². The van der Waals surface area contributed by atoms with Crippen LogP contribution in [0.1, 0.15) is 22.3 Å². The molecule has 0 aromatic heterocycles. The van der Waals surface area contributed by atoms with E-state index in [1.807, 2.05) is 6.07 Å². The van der Waals surface area contributed by atoms with Gasteiger partial charge in [-0.2, -0.15) is 0 Å². The Labute approximate surface area is 116 Å². The number of ether oxygens (including phenoxy) is 1. The summed E-state index contributed by atoms with van der Waals surface area (Å²) in [4.78, 5) is 24.9. The van der Waals surface area contributed by atoms with Gasteiger partial charge in [-0.15, -0.1) is 0 Å². The van der Waals surface area contributed by atoms with E-state index in [-0.39, 0.29) is 18.9 Å². The summed E-state index contributed by atoms with van der Waals surface area (Å²) in [6, 6.07) is 5.99. The van der Waals surface area contributed by atoms with Crippen LogP contribution in [0.2, 0.25) is 0 Å². The lowest BCUT2D eigenvalue weighted by molar-refractivity contribution is -0.121. The van der Waals surface area contributed by atoms with E-state index in [4.69, 9.17) is 10.5 Å². The minimum Gasteiger partial charge on any atom is -0.380 e. The van der Waals surface area contributed by atoms with E-state index in [2.05, 4.69) is 0 Å². The summed E-state index contributed by atoms with van der Waals surface area (Å²) < 4.78 is 18.4. The van der Waals surface area contributed by atoms with Crippen molar-refractivity contribution >= 4 is 11.8 Å². The molecule has 0 aliphatic carbocycles. The predicted octanol–water partition coefficient (Wildman–Crippen LogP) is 0.871. The molecule has 108 valence electrons. The fourth-order valence-electron chi connectivity index (χ4n) is 2.41. The van der Waals surface area contributed by atoms with E-state index in [1.165, 1.54) is 4.90 Å². The molecule has 1 aromatic carbocycles. The van der Waals surface area contributed by atoms with Crippen molar-refractivity contribution in [1.29, 1.82) is 0 Å². The van der Waals surface area contributed by atoms with Gasteiger partial charge in [-0.1, -0.05) is 12.1 Å². The van der Waals surface area contributed by atoms with Gasteiger partial charge in [0.2, 0.25) is 5.91 Å². The van der Waals surface area contributed by atoms with Crippen LogP contribution in [0.4, 0.5) is 4.39 Å². The number of likely N-dealkylation sites (tertiary alicyclic amines) is 1. The largest absolute Gasteiger partial charge is 0.380 e. The van der Waals surface area contributed by atoms with Crippen LogP contribution in [0.3, 0.4) is 0 Å². The number of benzene rings is 1. The van der Waals surface area contributed by atoms with E-state index in [1.54, 1.807) is 25.3 Å². The molecule has 1 saturated heterocycles. The molecular formula is C14H17FN2O3. The van der Waals surface area contributed by atoms with Gasteiger partial charge in [0.15, 0.2) is 0 Å². The van der Waals surface area contributed by atoms with Crippen LogP contribution in [-0.2, 0) is 16.1 Å². The van der Waals surface area contributed by atoms with Crippen LogP contribution in [0, 0.1) is 0 Å². The number of halogens is 1. The monoisotopic (exact) mass is 280 g/mol. The number of nitrogens with two attached hydrogens (primary N) is 1. The molecular weight excluding hydrogens is 263 g/mol. The standard InChI is InChI=1S/C14H17FN2O3/c1-20-8-9-3-2-4-10(5-9)14(19)17-7-11(15)6-12(17)13(16)18/h2-5,11-12H,6-8H2,1H3,(H2,16,18)/t11-,12+/m1/s1. The summed E-state index contributed by atoms with van der Waals surface area (Å²) in [5.41, 5.74) is 6.46. The molecule has 1 aliphatic heterocycles. The second-order valence-electron chi connectivity index (χ2n) is 4.84. The molecule has 1 aliphatic rings. The van der Waals surface area contributed by atoms with E-state index < -0.39 is 18.1 Å². The fraction of sp³-hybridized carbons (Fsp3) is 0.429. The zero-order chi connectivity index (χ0) is 14.7. The van der Waals surface area contributed by atoms with Gasteiger partial charge >= 0.3 is 0 Å². The molecule has 0 bridgehead atoms. The summed E-state index contributed by atoms with van der Waals surface area (Å²) in [6.07, 6.45) is -1.24. The fourth-order valence-corrected chi connectivity index (χ4v) is 2.41. The van der Waals surface area contributed by atoms with Crippen LogP contribution in [0.15, 0.2) is 24.3 Å². The average molecular weight is 280 g/mol. The number of carbonyl (C=O) groups excluding carboxylic acids is 2. The third-order valence-corrected chi connectivity index (χ3v) is 3.32. The molecule has 2 amide bonds. The van der Waals surface area contributed by atoms with Crippen LogP contribution in [0.25, 0.3) is 0 Å². The van der Waals surface area contributed by atoms with Gasteiger partial charge in [-0.05, 0) is 17.7 Å². The van der Waals surface area contributed by atoms with Crippen LogP contribution >= 0.6 is 0 Å². The van der Waals surface area contributed by atoms with Gasteiger partial charge in [0.05, 0.1) is 13.2 Å². The van der Waals surface area contributed by atoms with Crippen LogP contribution in [-0.4, -0.2) is 42.6 Å². The first kappa shape index (κ1) is 14.5. The molecule has 6 heteroatoms. The lowest BCUT2D eigenvalue weighted by Crippen LogP contribution is -2.43. The maximum absolute atomic E-state index is 13.4. The molecule has 1 fully saturated rings. The first-order valence-corrected chi connectivity index (χ1v) is 6.35. The van der Waals surface area contributed by atoms with Crippen molar-refractivity contribution in [2.24, 2.45) is 5.73 Å². The Balaban J connectivity index is 2.21. The van der Waals surface area contributed by atoms with E-state index >= 15 is 0 Å². The van der Waals surface area contributed by atoms with Gasteiger partial charge in [-0.3, -0.25) is 9.59 Å². The minimum absolute atomic E-state index is 0.0289. The zero-order valence-corrected chi connectivity index (χ0v) is 11.2.